The van der Waals surface area contributed by atoms with Crippen molar-refractivity contribution in [3.63, 3.8) is 0 Å². The van der Waals surface area contributed by atoms with Crippen LogP contribution in [0.2, 0.25) is 5.02 Å². The first-order valence-corrected chi connectivity index (χ1v) is 9.96. The number of halogens is 1. The summed E-state index contributed by atoms with van der Waals surface area (Å²) >= 11 is 5.93. The summed E-state index contributed by atoms with van der Waals surface area (Å²) in [6, 6.07) is 12.4. The lowest BCUT2D eigenvalue weighted by atomic mass is 10.0. The van der Waals surface area contributed by atoms with E-state index in [1.54, 1.807) is 6.07 Å². The maximum atomic E-state index is 13.0. The van der Waals surface area contributed by atoms with E-state index in [-0.39, 0.29) is 29.5 Å². The van der Waals surface area contributed by atoms with Gasteiger partial charge >= 0.3 is 5.97 Å². The highest BCUT2D eigenvalue weighted by Gasteiger charge is 2.37. The monoisotopic (exact) mass is 430 g/mol. The Bertz CT molecular complexity index is 934. The topological polar surface area (TPSA) is 95.9 Å². The van der Waals surface area contributed by atoms with Crippen molar-refractivity contribution in [1.82, 2.24) is 10.2 Å². The molecule has 1 saturated heterocycles. The molecule has 30 heavy (non-hydrogen) atoms. The fraction of sp³-hybridized carbons (Fsp3) is 0.318. The zero-order chi connectivity index (χ0) is 21.7. The highest BCUT2D eigenvalue weighted by Crippen LogP contribution is 2.25. The molecule has 8 heteroatoms. The minimum atomic E-state index is -0.947. The van der Waals surface area contributed by atoms with E-state index in [4.69, 9.17) is 16.3 Å². The molecular formula is C22H23ClN2O5. The van der Waals surface area contributed by atoms with Crippen LogP contribution in [0.15, 0.2) is 48.5 Å². The normalized spacial score (nSPS) is 16.9. The first-order valence-electron chi connectivity index (χ1n) is 9.58. The second-order valence-electron chi connectivity index (χ2n) is 7.14. The first-order chi connectivity index (χ1) is 14.4. The summed E-state index contributed by atoms with van der Waals surface area (Å²) in [4.78, 5) is 39.1. The van der Waals surface area contributed by atoms with E-state index in [1.807, 2.05) is 30.3 Å². The number of rotatable bonds is 7. The second kappa shape index (κ2) is 9.63. The van der Waals surface area contributed by atoms with E-state index in [9.17, 15) is 19.5 Å². The van der Waals surface area contributed by atoms with Crippen molar-refractivity contribution in [3.05, 3.63) is 64.7 Å². The van der Waals surface area contributed by atoms with Crippen molar-refractivity contribution in [2.45, 2.75) is 37.9 Å². The molecule has 0 aromatic heterocycles. The zero-order valence-electron chi connectivity index (χ0n) is 16.5. The highest BCUT2D eigenvalue weighted by atomic mass is 35.5. The molecule has 1 fully saturated rings. The Labute approximate surface area is 179 Å². The molecule has 2 aromatic rings. The summed E-state index contributed by atoms with van der Waals surface area (Å²) in [5, 5.41) is 12.4. The van der Waals surface area contributed by atoms with Crippen LogP contribution in [0.25, 0.3) is 0 Å². The van der Waals surface area contributed by atoms with E-state index < -0.39 is 24.0 Å². The third-order valence-electron chi connectivity index (χ3n) is 5.08. The van der Waals surface area contributed by atoms with Gasteiger partial charge in [0, 0.05) is 19.4 Å². The number of aromatic hydroxyl groups is 1. The largest absolute Gasteiger partial charge is 0.506 e. The molecule has 0 spiro atoms. The molecule has 2 N–H and O–H groups in total. The van der Waals surface area contributed by atoms with Gasteiger partial charge in [-0.3, -0.25) is 9.59 Å². The standard InChI is InChI=1S/C22H23ClN2O5/c1-30-22(29)17(12-15-7-9-19(26)16(23)11-15)24-21(28)18-8-10-20(27)25(18)13-14-5-3-2-4-6-14/h2-7,9,11,17-18,26H,8,10,12-13H2,1H3,(H,24,28)/t17-,18-/m0/s1. The summed E-state index contributed by atoms with van der Waals surface area (Å²) in [6.07, 6.45) is 0.801. The molecule has 2 atom stereocenters. The molecule has 1 aliphatic rings. The van der Waals surface area contributed by atoms with E-state index in [2.05, 4.69) is 5.32 Å². The Morgan fingerprint density at radius 1 is 1.23 bits per heavy atom. The van der Waals surface area contributed by atoms with Gasteiger partial charge in [0.25, 0.3) is 0 Å². The third kappa shape index (κ3) is 5.10. The summed E-state index contributed by atoms with van der Waals surface area (Å²) < 4.78 is 4.83. The SMILES string of the molecule is COC(=O)[C@H](Cc1ccc(O)c(Cl)c1)NC(=O)[C@@H]1CCC(=O)N1Cc1ccccc1. The number of amides is 2. The number of carbonyl (C=O) groups excluding carboxylic acids is 3. The molecule has 7 nitrogen and oxygen atoms in total. The number of methoxy groups -OCH3 is 1. The number of esters is 1. The van der Waals surface area contributed by atoms with E-state index >= 15 is 0 Å². The Morgan fingerprint density at radius 3 is 2.63 bits per heavy atom. The van der Waals surface area contributed by atoms with Gasteiger partial charge in [-0.15, -0.1) is 0 Å². The van der Waals surface area contributed by atoms with E-state index in [1.165, 1.54) is 24.1 Å². The third-order valence-corrected chi connectivity index (χ3v) is 5.38. The average molecular weight is 431 g/mol. The number of likely N-dealkylation sites (tertiary alicyclic amines) is 1. The van der Waals surface area contributed by atoms with Crippen LogP contribution in [0.4, 0.5) is 0 Å². The Morgan fingerprint density at radius 2 is 1.97 bits per heavy atom. The zero-order valence-corrected chi connectivity index (χ0v) is 17.3. The maximum Gasteiger partial charge on any atom is 0.328 e. The molecule has 158 valence electrons. The number of hydrogen-bond donors (Lipinski definition) is 2. The molecule has 1 heterocycles. The van der Waals surface area contributed by atoms with Gasteiger partial charge in [0.05, 0.1) is 12.1 Å². The lowest BCUT2D eigenvalue weighted by Gasteiger charge is -2.26. The van der Waals surface area contributed by atoms with E-state index in [0.29, 0.717) is 18.5 Å². The summed E-state index contributed by atoms with van der Waals surface area (Å²) in [6.45, 7) is 0.328. The molecule has 1 aliphatic heterocycles. The fourth-order valence-electron chi connectivity index (χ4n) is 3.50. The van der Waals surface area contributed by atoms with Gasteiger partial charge in [0.2, 0.25) is 11.8 Å². The van der Waals surface area contributed by atoms with Crippen LogP contribution in [0.5, 0.6) is 5.75 Å². The summed E-state index contributed by atoms with van der Waals surface area (Å²) in [7, 11) is 1.24. The van der Waals surface area contributed by atoms with Crippen molar-refractivity contribution >= 4 is 29.4 Å². The minimum Gasteiger partial charge on any atom is -0.506 e. The molecule has 0 radical (unpaired) electrons. The minimum absolute atomic E-state index is 0.0694. The number of hydrogen-bond acceptors (Lipinski definition) is 5. The van der Waals surface area contributed by atoms with Crippen LogP contribution in [0.1, 0.15) is 24.0 Å². The Balaban J connectivity index is 1.73. The quantitative estimate of drug-likeness (QED) is 0.658. The number of carbonyl (C=O) groups is 3. The molecule has 0 saturated carbocycles. The predicted molar refractivity (Wildman–Crippen MR) is 111 cm³/mol. The van der Waals surface area contributed by atoms with Crippen molar-refractivity contribution in [3.8, 4) is 5.75 Å². The van der Waals surface area contributed by atoms with Gasteiger partial charge in [-0.25, -0.2) is 4.79 Å². The predicted octanol–water partition coefficient (Wildman–Crippen LogP) is 2.44. The van der Waals surface area contributed by atoms with Crippen LogP contribution >= 0.6 is 11.6 Å². The molecule has 0 aliphatic carbocycles. The first kappa shape index (κ1) is 21.6. The van der Waals surface area contributed by atoms with Gasteiger partial charge < -0.3 is 20.1 Å². The number of phenolic OH excluding ortho intramolecular Hbond substituents is 1. The summed E-state index contributed by atoms with van der Waals surface area (Å²) in [5.41, 5.74) is 1.57. The number of ether oxygens (including phenoxy) is 1. The number of nitrogens with zero attached hydrogens (tertiary/aromatic N) is 1. The molecule has 2 amide bonds. The van der Waals surface area contributed by atoms with Gasteiger partial charge in [-0.1, -0.05) is 48.0 Å². The Hall–Kier alpha value is -3.06. The number of benzene rings is 2. The van der Waals surface area contributed by atoms with Crippen LogP contribution in [0.3, 0.4) is 0 Å². The highest BCUT2D eigenvalue weighted by molar-refractivity contribution is 6.32. The smallest absolute Gasteiger partial charge is 0.328 e. The lowest BCUT2D eigenvalue weighted by molar-refractivity contribution is -0.146. The van der Waals surface area contributed by atoms with Crippen LogP contribution in [0, 0.1) is 0 Å². The fourth-order valence-corrected chi connectivity index (χ4v) is 3.70. The van der Waals surface area contributed by atoms with Crippen LogP contribution < -0.4 is 5.32 Å². The molecule has 3 rings (SSSR count). The van der Waals surface area contributed by atoms with Crippen molar-refractivity contribution in [2.75, 3.05) is 7.11 Å². The molecule has 0 bridgehead atoms. The van der Waals surface area contributed by atoms with Gasteiger partial charge in [0.15, 0.2) is 0 Å². The molecule has 0 unspecified atom stereocenters. The lowest BCUT2D eigenvalue weighted by Crippen LogP contribution is -2.51. The summed E-state index contributed by atoms with van der Waals surface area (Å²) in [5.74, 6) is -1.18. The van der Waals surface area contributed by atoms with E-state index in [0.717, 1.165) is 5.56 Å². The van der Waals surface area contributed by atoms with Gasteiger partial charge in [-0.2, -0.15) is 0 Å². The maximum absolute atomic E-state index is 13.0. The van der Waals surface area contributed by atoms with Gasteiger partial charge in [-0.05, 0) is 29.7 Å². The van der Waals surface area contributed by atoms with Crippen LogP contribution in [-0.2, 0) is 32.1 Å². The Kier molecular flexibility index (Phi) is 6.95. The van der Waals surface area contributed by atoms with Crippen LogP contribution in [-0.4, -0.2) is 47.0 Å². The van der Waals surface area contributed by atoms with Crippen molar-refractivity contribution < 1.29 is 24.2 Å². The van der Waals surface area contributed by atoms with Crippen molar-refractivity contribution in [2.24, 2.45) is 0 Å². The molecule has 2 aromatic carbocycles. The van der Waals surface area contributed by atoms with Gasteiger partial charge in [0.1, 0.15) is 17.8 Å². The molecular weight excluding hydrogens is 408 g/mol. The number of nitrogens with one attached hydrogen (secondary N) is 1. The second-order valence-corrected chi connectivity index (χ2v) is 7.54. The van der Waals surface area contributed by atoms with Crippen molar-refractivity contribution in [1.29, 1.82) is 0 Å². The number of phenols is 1. The average Bonchev–Trinajstić information content (AvgIpc) is 3.10.